The number of nitrogens with one attached hydrogen (secondary N) is 1. The molecule has 1 N–H and O–H groups in total. The molecule has 36 heavy (non-hydrogen) atoms. The van der Waals surface area contributed by atoms with E-state index in [4.69, 9.17) is 4.74 Å². The Morgan fingerprint density at radius 1 is 0.972 bits per heavy atom. The number of piperidine rings is 1. The van der Waals surface area contributed by atoms with E-state index in [9.17, 15) is 13.2 Å². The quantitative estimate of drug-likeness (QED) is 0.482. The van der Waals surface area contributed by atoms with Gasteiger partial charge in [-0.2, -0.15) is 4.31 Å². The summed E-state index contributed by atoms with van der Waals surface area (Å²) in [7, 11) is 0.536. The van der Waals surface area contributed by atoms with Crippen LogP contribution in [-0.4, -0.2) is 56.8 Å². The second-order valence-electron chi connectivity index (χ2n) is 9.35. The van der Waals surface area contributed by atoms with E-state index in [0.717, 1.165) is 17.9 Å². The van der Waals surface area contributed by atoms with Crippen molar-refractivity contribution in [1.82, 2.24) is 9.21 Å². The molecule has 1 amide bonds. The summed E-state index contributed by atoms with van der Waals surface area (Å²) in [6, 6.07) is 22.8. The zero-order valence-corrected chi connectivity index (χ0v) is 21.8. The molecule has 0 radical (unpaired) electrons. The summed E-state index contributed by atoms with van der Waals surface area (Å²) in [5.41, 5.74) is 4.20. The van der Waals surface area contributed by atoms with Gasteiger partial charge in [-0.25, -0.2) is 8.42 Å². The molecule has 7 nitrogen and oxygen atoms in total. The first-order valence-corrected chi connectivity index (χ1v) is 13.5. The van der Waals surface area contributed by atoms with Crippen LogP contribution in [0.2, 0.25) is 0 Å². The molecule has 0 unspecified atom stereocenters. The van der Waals surface area contributed by atoms with Crippen LogP contribution in [0.4, 0.5) is 5.69 Å². The molecule has 1 fully saturated rings. The number of carbonyl (C=O) groups excluding carboxylic acids is 1. The normalized spacial score (nSPS) is 15.1. The zero-order valence-electron chi connectivity index (χ0n) is 21.0. The second kappa shape index (κ2) is 11.2. The summed E-state index contributed by atoms with van der Waals surface area (Å²) in [4.78, 5) is 13.6. The summed E-state index contributed by atoms with van der Waals surface area (Å²) >= 11 is 0. The van der Waals surface area contributed by atoms with E-state index in [2.05, 4.69) is 60.7 Å². The Morgan fingerprint density at radius 3 is 2.22 bits per heavy atom. The van der Waals surface area contributed by atoms with Crippen LogP contribution >= 0.6 is 0 Å². The standard InChI is InChI=1S/C28H33N3O4S/c1-21(32)29-24-10-14-27(15-11-24)36(33,34)31-18-16-26(17-19-31)35-25-12-8-22(9-13-25)28-7-5-4-6-23(28)20-30(2)3/h4-15,26H,16-20H2,1-3H3,(H,29,32). The van der Waals surface area contributed by atoms with Crippen molar-refractivity contribution in [1.29, 1.82) is 0 Å². The molecule has 3 aromatic rings. The molecule has 0 bridgehead atoms. The first-order valence-electron chi connectivity index (χ1n) is 12.1. The van der Waals surface area contributed by atoms with Gasteiger partial charge in [-0.05, 0) is 80.0 Å². The van der Waals surface area contributed by atoms with Crippen LogP contribution in [0.3, 0.4) is 0 Å². The number of nitrogens with zero attached hydrogens (tertiary/aromatic N) is 2. The lowest BCUT2D eigenvalue weighted by Gasteiger charge is -2.31. The van der Waals surface area contributed by atoms with E-state index in [1.807, 2.05) is 12.1 Å². The van der Waals surface area contributed by atoms with Crippen molar-refractivity contribution in [2.45, 2.75) is 37.3 Å². The number of ether oxygens (including phenoxy) is 1. The van der Waals surface area contributed by atoms with Gasteiger partial charge < -0.3 is 15.0 Å². The predicted molar refractivity (Wildman–Crippen MR) is 142 cm³/mol. The topological polar surface area (TPSA) is 79.0 Å². The van der Waals surface area contributed by atoms with Crippen molar-refractivity contribution in [3.63, 3.8) is 0 Å². The van der Waals surface area contributed by atoms with Crippen molar-refractivity contribution in [3.05, 3.63) is 78.4 Å². The molecule has 0 aromatic heterocycles. The minimum atomic E-state index is -3.59. The van der Waals surface area contributed by atoms with E-state index in [1.54, 1.807) is 12.1 Å². The Balaban J connectivity index is 1.35. The summed E-state index contributed by atoms with van der Waals surface area (Å²) in [6.45, 7) is 3.08. The third kappa shape index (κ3) is 6.32. The number of anilines is 1. The second-order valence-corrected chi connectivity index (χ2v) is 11.3. The molecule has 3 aromatic carbocycles. The maximum atomic E-state index is 13.0. The highest BCUT2D eigenvalue weighted by atomic mass is 32.2. The maximum absolute atomic E-state index is 13.0. The minimum absolute atomic E-state index is 0.0366. The van der Waals surface area contributed by atoms with Gasteiger partial charge in [-0.1, -0.05) is 36.4 Å². The highest BCUT2D eigenvalue weighted by molar-refractivity contribution is 7.89. The molecule has 1 saturated heterocycles. The van der Waals surface area contributed by atoms with Gasteiger partial charge in [0.1, 0.15) is 11.9 Å². The Labute approximate surface area is 213 Å². The molecule has 0 spiro atoms. The van der Waals surface area contributed by atoms with Crippen LogP contribution in [0.1, 0.15) is 25.3 Å². The minimum Gasteiger partial charge on any atom is -0.490 e. The largest absolute Gasteiger partial charge is 0.490 e. The molecular formula is C28H33N3O4S. The Bertz CT molecular complexity index is 1280. The van der Waals surface area contributed by atoms with Gasteiger partial charge in [0.25, 0.3) is 0 Å². The van der Waals surface area contributed by atoms with Crippen LogP contribution in [-0.2, 0) is 21.4 Å². The number of amides is 1. The Morgan fingerprint density at radius 2 is 1.61 bits per heavy atom. The SMILES string of the molecule is CC(=O)Nc1ccc(S(=O)(=O)N2CCC(Oc3ccc(-c4ccccc4CN(C)C)cc3)CC2)cc1. The average Bonchev–Trinajstić information content (AvgIpc) is 2.85. The Hall–Kier alpha value is -3.20. The fraction of sp³-hybridized carbons (Fsp3) is 0.321. The van der Waals surface area contributed by atoms with E-state index in [-0.39, 0.29) is 16.9 Å². The summed E-state index contributed by atoms with van der Waals surface area (Å²) in [5, 5.41) is 2.65. The van der Waals surface area contributed by atoms with Crippen LogP contribution in [0.15, 0.2) is 77.7 Å². The highest BCUT2D eigenvalue weighted by Crippen LogP contribution is 2.29. The van der Waals surface area contributed by atoms with Gasteiger partial charge in [0, 0.05) is 32.2 Å². The third-order valence-electron chi connectivity index (χ3n) is 6.19. The van der Waals surface area contributed by atoms with Crippen LogP contribution in [0.5, 0.6) is 5.75 Å². The van der Waals surface area contributed by atoms with Gasteiger partial charge in [0.2, 0.25) is 15.9 Å². The molecule has 4 rings (SSSR count). The summed E-state index contributed by atoms with van der Waals surface area (Å²) in [5.74, 6) is 0.593. The predicted octanol–water partition coefficient (Wildman–Crippen LogP) is 4.61. The lowest BCUT2D eigenvalue weighted by atomic mass is 9.99. The van der Waals surface area contributed by atoms with Crippen LogP contribution in [0.25, 0.3) is 11.1 Å². The third-order valence-corrected chi connectivity index (χ3v) is 8.10. The van der Waals surface area contributed by atoms with E-state index < -0.39 is 10.0 Å². The van der Waals surface area contributed by atoms with Gasteiger partial charge in [0.15, 0.2) is 0 Å². The van der Waals surface area contributed by atoms with Gasteiger partial charge >= 0.3 is 0 Å². The molecule has 1 heterocycles. The number of hydrogen-bond acceptors (Lipinski definition) is 5. The number of sulfonamides is 1. The molecule has 0 atom stereocenters. The number of rotatable bonds is 8. The number of carbonyl (C=O) groups is 1. The lowest BCUT2D eigenvalue weighted by Crippen LogP contribution is -2.41. The van der Waals surface area contributed by atoms with Crippen molar-refractivity contribution in [2.75, 3.05) is 32.5 Å². The lowest BCUT2D eigenvalue weighted by molar-refractivity contribution is -0.114. The number of benzene rings is 3. The first kappa shape index (κ1) is 25.9. The van der Waals surface area contributed by atoms with E-state index in [0.29, 0.717) is 31.6 Å². The molecule has 1 aliphatic rings. The highest BCUT2D eigenvalue weighted by Gasteiger charge is 2.30. The van der Waals surface area contributed by atoms with Crippen molar-refractivity contribution in [2.24, 2.45) is 0 Å². The fourth-order valence-electron chi connectivity index (χ4n) is 4.44. The average molecular weight is 508 g/mol. The van der Waals surface area contributed by atoms with Crippen LogP contribution in [0, 0.1) is 0 Å². The molecule has 0 aliphatic carbocycles. The van der Waals surface area contributed by atoms with E-state index in [1.165, 1.54) is 34.5 Å². The molecule has 190 valence electrons. The fourth-order valence-corrected chi connectivity index (χ4v) is 5.91. The van der Waals surface area contributed by atoms with E-state index >= 15 is 0 Å². The molecular weight excluding hydrogens is 474 g/mol. The number of hydrogen-bond donors (Lipinski definition) is 1. The molecule has 0 saturated carbocycles. The molecule has 1 aliphatic heterocycles. The van der Waals surface area contributed by atoms with Crippen molar-refractivity contribution >= 4 is 21.6 Å². The van der Waals surface area contributed by atoms with Crippen molar-refractivity contribution < 1.29 is 17.9 Å². The summed E-state index contributed by atoms with van der Waals surface area (Å²) in [6.07, 6.45) is 1.21. The molecule has 8 heteroatoms. The first-order chi connectivity index (χ1) is 17.2. The summed E-state index contributed by atoms with van der Waals surface area (Å²) < 4.78 is 33.8. The zero-order chi connectivity index (χ0) is 25.7. The van der Waals surface area contributed by atoms with Gasteiger partial charge in [-0.15, -0.1) is 0 Å². The Kier molecular flexibility index (Phi) is 8.08. The van der Waals surface area contributed by atoms with Crippen LogP contribution < -0.4 is 10.1 Å². The van der Waals surface area contributed by atoms with Gasteiger partial charge in [-0.3, -0.25) is 4.79 Å². The maximum Gasteiger partial charge on any atom is 0.243 e. The monoisotopic (exact) mass is 507 g/mol. The van der Waals surface area contributed by atoms with Gasteiger partial charge in [0.05, 0.1) is 4.90 Å². The smallest absolute Gasteiger partial charge is 0.243 e. The van der Waals surface area contributed by atoms with Crippen molar-refractivity contribution in [3.8, 4) is 16.9 Å².